The van der Waals surface area contributed by atoms with Gasteiger partial charge in [0.05, 0.1) is 0 Å². The molecule has 0 amide bonds. The van der Waals surface area contributed by atoms with Gasteiger partial charge in [0.25, 0.3) is 0 Å². The Morgan fingerprint density at radius 1 is 1.50 bits per heavy atom. The topological polar surface area (TPSA) is 0 Å². The van der Waals surface area contributed by atoms with Crippen LogP contribution in [0.3, 0.4) is 0 Å². The van der Waals surface area contributed by atoms with E-state index < -0.39 is 0 Å². The van der Waals surface area contributed by atoms with Gasteiger partial charge in [0, 0.05) is 5.41 Å². The molecule has 10 heavy (non-hydrogen) atoms. The first-order valence-electron chi connectivity index (χ1n) is 4.08. The second kappa shape index (κ2) is 3.05. The largest absolute Gasteiger partial charge is 0.0908 e. The summed E-state index contributed by atoms with van der Waals surface area (Å²) in [5, 5.41) is 0. The van der Waals surface area contributed by atoms with Crippen molar-refractivity contribution in [3.8, 4) is 0 Å². The summed E-state index contributed by atoms with van der Waals surface area (Å²) < 4.78 is 0. The molecule has 0 bridgehead atoms. The monoisotopic (exact) mass is 136 g/mol. The van der Waals surface area contributed by atoms with Gasteiger partial charge in [-0.25, -0.2) is 0 Å². The number of allylic oxidation sites excluding steroid dienone is 4. The van der Waals surface area contributed by atoms with Crippen molar-refractivity contribution >= 4 is 0 Å². The minimum absolute atomic E-state index is 0.368. The summed E-state index contributed by atoms with van der Waals surface area (Å²) in [6.07, 6.45) is 13.0. The van der Waals surface area contributed by atoms with Crippen LogP contribution in [0.1, 0.15) is 33.1 Å². The summed E-state index contributed by atoms with van der Waals surface area (Å²) >= 11 is 0. The van der Waals surface area contributed by atoms with E-state index in [2.05, 4.69) is 38.2 Å². The van der Waals surface area contributed by atoms with Crippen LogP contribution in [0.2, 0.25) is 0 Å². The van der Waals surface area contributed by atoms with Crippen LogP contribution in [-0.2, 0) is 0 Å². The van der Waals surface area contributed by atoms with Crippen molar-refractivity contribution in [2.45, 2.75) is 33.1 Å². The third kappa shape index (κ3) is 1.73. The Kier molecular flexibility index (Phi) is 2.31. The highest BCUT2D eigenvalue weighted by Gasteiger charge is 2.17. The van der Waals surface area contributed by atoms with Gasteiger partial charge in [-0.1, -0.05) is 31.2 Å². The lowest BCUT2D eigenvalue weighted by Gasteiger charge is -2.24. The normalized spacial score (nSPS) is 33.4. The zero-order chi connectivity index (χ0) is 7.45. The Hall–Kier alpha value is -0.520. The first kappa shape index (κ1) is 7.59. The lowest BCUT2D eigenvalue weighted by Crippen LogP contribution is -2.11. The summed E-state index contributed by atoms with van der Waals surface area (Å²) in [5.41, 5.74) is 0.368. The van der Waals surface area contributed by atoms with Crippen molar-refractivity contribution in [2.24, 2.45) is 5.41 Å². The van der Waals surface area contributed by atoms with Crippen LogP contribution >= 0.6 is 0 Å². The second-order valence-electron chi connectivity index (χ2n) is 3.30. The highest BCUT2D eigenvalue weighted by Crippen LogP contribution is 2.31. The Balaban J connectivity index is 2.65. The van der Waals surface area contributed by atoms with Gasteiger partial charge >= 0.3 is 0 Å². The molecule has 1 atom stereocenters. The molecule has 0 fully saturated rings. The van der Waals surface area contributed by atoms with E-state index in [1.807, 2.05) is 0 Å². The molecule has 1 unspecified atom stereocenters. The van der Waals surface area contributed by atoms with Gasteiger partial charge in [-0.2, -0.15) is 0 Å². The smallest absolute Gasteiger partial charge is 0.00327 e. The maximum atomic E-state index is 2.33. The average Bonchev–Trinajstić information content (AvgIpc) is 1.89. The van der Waals surface area contributed by atoms with E-state index in [1.54, 1.807) is 0 Å². The molecule has 1 aliphatic rings. The minimum atomic E-state index is 0.368. The molecule has 0 nitrogen and oxygen atoms in total. The lowest BCUT2D eigenvalue weighted by molar-refractivity contribution is 0.460. The highest BCUT2D eigenvalue weighted by molar-refractivity contribution is 5.11. The first-order valence-corrected chi connectivity index (χ1v) is 4.08. The van der Waals surface area contributed by atoms with Crippen LogP contribution in [0.5, 0.6) is 0 Å². The van der Waals surface area contributed by atoms with Crippen LogP contribution in [0.15, 0.2) is 24.3 Å². The van der Waals surface area contributed by atoms with Crippen molar-refractivity contribution < 1.29 is 0 Å². The molecular formula is C10H16. The summed E-state index contributed by atoms with van der Waals surface area (Å²) in [5.74, 6) is 0. The van der Waals surface area contributed by atoms with Crippen LogP contribution in [0, 0.1) is 5.41 Å². The van der Waals surface area contributed by atoms with Gasteiger partial charge in [-0.15, -0.1) is 0 Å². The van der Waals surface area contributed by atoms with Crippen LogP contribution in [0.4, 0.5) is 0 Å². The second-order valence-corrected chi connectivity index (χ2v) is 3.30. The fraction of sp³-hybridized carbons (Fsp3) is 0.600. The Morgan fingerprint density at radius 3 is 2.80 bits per heavy atom. The van der Waals surface area contributed by atoms with E-state index >= 15 is 0 Å². The zero-order valence-electron chi connectivity index (χ0n) is 6.93. The van der Waals surface area contributed by atoms with Crippen molar-refractivity contribution in [2.75, 3.05) is 0 Å². The lowest BCUT2D eigenvalue weighted by atomic mass is 9.81. The fourth-order valence-corrected chi connectivity index (χ4v) is 1.56. The molecule has 0 heteroatoms. The predicted octanol–water partition coefficient (Wildman–Crippen LogP) is 3.31. The highest BCUT2D eigenvalue weighted by atomic mass is 14.2. The SMILES string of the molecule is CC=CC1(C)C=CCCC1. The molecule has 56 valence electrons. The van der Waals surface area contributed by atoms with E-state index in [4.69, 9.17) is 0 Å². The van der Waals surface area contributed by atoms with Gasteiger partial charge in [-0.05, 0) is 26.2 Å². The molecule has 0 heterocycles. The molecule has 0 aromatic carbocycles. The number of hydrogen-bond acceptors (Lipinski definition) is 0. The van der Waals surface area contributed by atoms with E-state index in [1.165, 1.54) is 19.3 Å². The fourth-order valence-electron chi connectivity index (χ4n) is 1.56. The molecule has 1 rings (SSSR count). The van der Waals surface area contributed by atoms with Crippen LogP contribution in [-0.4, -0.2) is 0 Å². The Bertz CT molecular complexity index is 153. The zero-order valence-corrected chi connectivity index (χ0v) is 6.93. The van der Waals surface area contributed by atoms with E-state index in [0.717, 1.165) is 0 Å². The quantitative estimate of drug-likeness (QED) is 0.485. The molecule has 0 aromatic rings. The third-order valence-corrected chi connectivity index (χ3v) is 2.13. The van der Waals surface area contributed by atoms with Gasteiger partial charge in [-0.3, -0.25) is 0 Å². The van der Waals surface area contributed by atoms with Crippen LogP contribution < -0.4 is 0 Å². The average molecular weight is 136 g/mol. The maximum absolute atomic E-state index is 2.33. The van der Waals surface area contributed by atoms with Crippen molar-refractivity contribution in [1.29, 1.82) is 0 Å². The molecule has 0 aromatic heterocycles. The van der Waals surface area contributed by atoms with E-state index in [9.17, 15) is 0 Å². The summed E-state index contributed by atoms with van der Waals surface area (Å²) in [6.45, 7) is 4.39. The van der Waals surface area contributed by atoms with Gasteiger partial charge in [0.15, 0.2) is 0 Å². The molecule has 0 saturated heterocycles. The van der Waals surface area contributed by atoms with Gasteiger partial charge < -0.3 is 0 Å². The third-order valence-electron chi connectivity index (χ3n) is 2.13. The van der Waals surface area contributed by atoms with E-state index in [-0.39, 0.29) is 0 Å². The van der Waals surface area contributed by atoms with Crippen molar-refractivity contribution in [1.82, 2.24) is 0 Å². The molecule has 0 saturated carbocycles. The van der Waals surface area contributed by atoms with E-state index in [0.29, 0.717) is 5.41 Å². The first-order chi connectivity index (χ1) is 4.77. The van der Waals surface area contributed by atoms with Crippen LogP contribution in [0.25, 0.3) is 0 Å². The number of rotatable bonds is 1. The standard InChI is InChI=1S/C10H16/c1-3-7-10(2)8-5-4-6-9-10/h3,5,7-8H,4,6,9H2,1-2H3. The Labute approximate surface area is 63.6 Å². The van der Waals surface area contributed by atoms with Gasteiger partial charge in [0.1, 0.15) is 0 Å². The Morgan fingerprint density at radius 2 is 2.30 bits per heavy atom. The minimum Gasteiger partial charge on any atom is -0.0908 e. The molecular weight excluding hydrogens is 120 g/mol. The molecule has 0 N–H and O–H groups in total. The molecule has 0 radical (unpaired) electrons. The van der Waals surface area contributed by atoms with Crippen molar-refractivity contribution in [3.63, 3.8) is 0 Å². The number of hydrogen-bond donors (Lipinski definition) is 0. The summed E-state index contributed by atoms with van der Waals surface area (Å²) in [4.78, 5) is 0. The van der Waals surface area contributed by atoms with Crippen molar-refractivity contribution in [3.05, 3.63) is 24.3 Å². The summed E-state index contributed by atoms with van der Waals surface area (Å²) in [7, 11) is 0. The predicted molar refractivity (Wildman–Crippen MR) is 45.9 cm³/mol. The molecule has 1 aliphatic carbocycles. The molecule has 0 aliphatic heterocycles. The maximum Gasteiger partial charge on any atom is 0.00327 e. The summed E-state index contributed by atoms with van der Waals surface area (Å²) in [6, 6.07) is 0. The van der Waals surface area contributed by atoms with Gasteiger partial charge in [0.2, 0.25) is 0 Å². The molecule has 0 spiro atoms.